The molecule has 0 bridgehead atoms. The molecule has 1 aromatic carbocycles. The Kier molecular flexibility index (Phi) is 16.1. The maximum absolute atomic E-state index is 9.09. The van der Waals surface area contributed by atoms with Crippen LogP contribution in [0.25, 0.3) is 0 Å². The number of halogens is 1. The summed E-state index contributed by atoms with van der Waals surface area (Å²) in [5.41, 5.74) is 7.78. The molecule has 6 nitrogen and oxygen atoms in total. The van der Waals surface area contributed by atoms with E-state index < -0.39 is 20.2 Å². The molecule has 0 aromatic heterocycles. The molecule has 2 atom stereocenters. The first-order valence-electron chi connectivity index (χ1n) is 5.90. The molecule has 1 aliphatic carbocycles. The Balaban J connectivity index is 0. The van der Waals surface area contributed by atoms with Crippen molar-refractivity contribution in [2.24, 2.45) is 0 Å². The molecule has 0 radical (unpaired) electrons. The maximum atomic E-state index is 9.09. The van der Waals surface area contributed by atoms with Crippen LogP contribution in [-0.2, 0) is 20.2 Å². The van der Waals surface area contributed by atoms with E-state index in [2.05, 4.69) is 21.2 Å². The van der Waals surface area contributed by atoms with E-state index in [9.17, 15) is 0 Å². The van der Waals surface area contributed by atoms with Crippen molar-refractivity contribution in [1.29, 1.82) is 0 Å². The molecule has 0 spiro atoms. The molecule has 11 heteroatoms. The van der Waals surface area contributed by atoms with Gasteiger partial charge in [-0.1, -0.05) is 28.8 Å². The molecule has 22 heavy (non-hydrogen) atoms. The second kappa shape index (κ2) is 13.8. The van der Waals surface area contributed by atoms with Gasteiger partial charge in [-0.15, -0.1) is 0 Å². The van der Waals surface area contributed by atoms with Crippen LogP contribution in [0, 0.1) is 0 Å². The smallest absolute Gasteiger partial charge is 0.763 e. The Morgan fingerprint density at radius 1 is 1.14 bits per heavy atom. The van der Waals surface area contributed by atoms with Crippen LogP contribution in [0.1, 0.15) is 25.7 Å². The number of anilines is 2. The molecule has 2 unspecified atom stereocenters. The quantitative estimate of drug-likeness (QED) is 0.219. The van der Waals surface area contributed by atoms with E-state index in [1.54, 1.807) is 0 Å². The van der Waals surface area contributed by atoms with Crippen molar-refractivity contribution >= 4 is 47.5 Å². The van der Waals surface area contributed by atoms with E-state index in [-0.39, 0.29) is 59.1 Å². The van der Waals surface area contributed by atoms with Gasteiger partial charge in [0, 0.05) is 30.7 Å². The SMILES string of the molecule is Nc1ccc(Br)cc1NC1CCCC1.O=S([O-])S(=O)[O-].[Na+].[Na+]. The van der Waals surface area contributed by atoms with E-state index in [1.807, 2.05) is 18.2 Å². The molecule has 1 fully saturated rings. The van der Waals surface area contributed by atoms with Crippen molar-refractivity contribution in [3.05, 3.63) is 22.7 Å². The summed E-state index contributed by atoms with van der Waals surface area (Å²) in [4.78, 5) is 0. The van der Waals surface area contributed by atoms with Crippen molar-refractivity contribution in [3.8, 4) is 0 Å². The zero-order chi connectivity index (χ0) is 15.1. The maximum Gasteiger partial charge on any atom is 1.00 e. The van der Waals surface area contributed by atoms with Crippen LogP contribution in [0.4, 0.5) is 11.4 Å². The van der Waals surface area contributed by atoms with Crippen LogP contribution in [-0.4, -0.2) is 23.6 Å². The summed E-state index contributed by atoms with van der Waals surface area (Å²) in [7, 11) is -5.90. The van der Waals surface area contributed by atoms with E-state index in [0.717, 1.165) is 15.8 Å². The summed E-state index contributed by atoms with van der Waals surface area (Å²) in [6.07, 6.45) is 5.22. The van der Waals surface area contributed by atoms with Crippen LogP contribution < -0.4 is 70.2 Å². The predicted molar refractivity (Wildman–Crippen MR) is 82.3 cm³/mol. The van der Waals surface area contributed by atoms with Crippen molar-refractivity contribution in [2.75, 3.05) is 11.1 Å². The second-order valence-corrected chi connectivity index (χ2v) is 7.63. The van der Waals surface area contributed by atoms with Crippen LogP contribution in [0.15, 0.2) is 22.7 Å². The zero-order valence-electron chi connectivity index (χ0n) is 12.5. The first-order valence-corrected chi connectivity index (χ1v) is 9.36. The Hall–Kier alpha value is 1.52. The number of hydrogen-bond donors (Lipinski definition) is 2. The molecular weight excluding hydrogens is 414 g/mol. The fourth-order valence-electron chi connectivity index (χ4n) is 1.94. The van der Waals surface area contributed by atoms with Gasteiger partial charge in [-0.3, -0.25) is 8.42 Å². The number of nitrogens with two attached hydrogens (primary N) is 1. The summed E-state index contributed by atoms with van der Waals surface area (Å²) in [6, 6.07) is 6.57. The number of benzene rings is 1. The second-order valence-electron chi connectivity index (χ2n) is 4.27. The van der Waals surface area contributed by atoms with Gasteiger partial charge in [0.15, 0.2) is 0 Å². The van der Waals surface area contributed by atoms with Gasteiger partial charge in [-0.2, -0.15) is 0 Å². The first-order chi connectivity index (χ1) is 9.40. The average Bonchev–Trinajstić information content (AvgIpc) is 2.87. The summed E-state index contributed by atoms with van der Waals surface area (Å²) >= 11 is 3.45. The minimum absolute atomic E-state index is 0. The molecule has 1 saturated carbocycles. The van der Waals surface area contributed by atoms with E-state index in [4.69, 9.17) is 23.3 Å². The van der Waals surface area contributed by atoms with Crippen LogP contribution in [0.5, 0.6) is 0 Å². The first kappa shape index (κ1) is 25.8. The molecule has 0 heterocycles. The van der Waals surface area contributed by atoms with Gasteiger partial charge < -0.3 is 20.2 Å². The minimum atomic E-state index is -2.95. The monoisotopic (exact) mass is 428 g/mol. The molecule has 2 rings (SSSR count). The van der Waals surface area contributed by atoms with E-state index >= 15 is 0 Å². The molecule has 3 N–H and O–H groups in total. The molecule has 0 saturated heterocycles. The Labute approximate surface area is 187 Å². The largest absolute Gasteiger partial charge is 1.00 e. The van der Waals surface area contributed by atoms with Crippen molar-refractivity contribution in [3.63, 3.8) is 0 Å². The van der Waals surface area contributed by atoms with Gasteiger partial charge in [0.1, 0.15) is 0 Å². The zero-order valence-corrected chi connectivity index (χ0v) is 19.8. The molecular formula is C11H15BrN2Na2O4S2. The Morgan fingerprint density at radius 3 is 2.09 bits per heavy atom. The summed E-state index contributed by atoms with van der Waals surface area (Å²) in [5, 5.41) is 3.49. The topological polar surface area (TPSA) is 118 Å². The van der Waals surface area contributed by atoms with Crippen LogP contribution >= 0.6 is 15.9 Å². The van der Waals surface area contributed by atoms with Crippen molar-refractivity contribution in [2.45, 2.75) is 31.7 Å². The minimum Gasteiger partial charge on any atom is -0.763 e. The number of hydrogen-bond acceptors (Lipinski definition) is 6. The van der Waals surface area contributed by atoms with Gasteiger partial charge >= 0.3 is 59.1 Å². The number of nitrogen functional groups attached to an aromatic ring is 1. The van der Waals surface area contributed by atoms with Gasteiger partial charge in [0.2, 0.25) is 0 Å². The third kappa shape index (κ3) is 10.4. The van der Waals surface area contributed by atoms with Gasteiger partial charge in [-0.25, -0.2) is 0 Å². The normalized spacial score (nSPS) is 16.3. The van der Waals surface area contributed by atoms with Gasteiger partial charge in [-0.05, 0) is 31.0 Å². The fourth-order valence-corrected chi connectivity index (χ4v) is 2.30. The standard InChI is InChI=1S/C11H15BrN2.2Na.H2O4S2/c12-8-5-6-10(13)11(7-8)14-9-3-1-2-4-9;;;1-5(2)6(3)4/h5-7,9,14H,1-4,13H2;;;(H,1,2)(H,3,4)/q;2*+1;/p-2. The number of nitrogens with one attached hydrogen (secondary N) is 1. The number of rotatable bonds is 3. The Morgan fingerprint density at radius 2 is 1.64 bits per heavy atom. The van der Waals surface area contributed by atoms with Crippen LogP contribution in [0.2, 0.25) is 0 Å². The van der Waals surface area contributed by atoms with Crippen molar-refractivity contribution in [1.82, 2.24) is 0 Å². The predicted octanol–water partition coefficient (Wildman–Crippen LogP) is -3.95. The molecule has 114 valence electrons. The van der Waals surface area contributed by atoms with Gasteiger partial charge in [0.05, 0.1) is 11.4 Å². The Bertz CT molecular complexity index is 493. The molecule has 1 aromatic rings. The van der Waals surface area contributed by atoms with Crippen molar-refractivity contribution < 1.29 is 76.6 Å². The average molecular weight is 429 g/mol. The van der Waals surface area contributed by atoms with E-state index in [0.29, 0.717) is 6.04 Å². The van der Waals surface area contributed by atoms with E-state index in [1.165, 1.54) is 25.7 Å². The third-order valence-corrected chi connectivity index (χ3v) is 4.22. The molecule has 0 amide bonds. The summed E-state index contributed by atoms with van der Waals surface area (Å²) < 4.78 is 37.4. The molecule has 0 aliphatic heterocycles. The third-order valence-electron chi connectivity index (χ3n) is 2.84. The molecule has 1 aliphatic rings. The summed E-state index contributed by atoms with van der Waals surface area (Å²) in [5.74, 6) is 0. The summed E-state index contributed by atoms with van der Waals surface area (Å²) in [6.45, 7) is 0. The fraction of sp³-hybridized carbons (Fsp3) is 0.455. The van der Waals surface area contributed by atoms with Gasteiger partial charge in [0.25, 0.3) is 0 Å². The van der Waals surface area contributed by atoms with Crippen LogP contribution in [0.3, 0.4) is 0 Å².